The summed E-state index contributed by atoms with van der Waals surface area (Å²) in [7, 11) is 0. The largest absolute Gasteiger partial charge is 0.395 e. The van der Waals surface area contributed by atoms with Crippen LogP contribution in [0, 0.1) is 6.92 Å². The van der Waals surface area contributed by atoms with Crippen LogP contribution in [0.1, 0.15) is 28.5 Å². The maximum absolute atomic E-state index is 12.9. The van der Waals surface area contributed by atoms with Crippen LogP contribution < -0.4 is 21.3 Å². The molecular weight excluding hydrogens is 566 g/mol. The molecule has 0 unspecified atom stereocenters. The van der Waals surface area contributed by atoms with E-state index in [0.717, 1.165) is 22.3 Å². The number of aromatic nitrogens is 1. The summed E-state index contributed by atoms with van der Waals surface area (Å²) in [6.45, 7) is 9.81. The normalized spacial score (nSPS) is 11.5. The number of anilines is 2. The number of allylic oxidation sites excluding steroid dienone is 1. The SMILES string of the molecule is C=C(/C=C\C(=C/C)CNCCO)C(=O)Nc1cccc(-c2cccc(NC(=O)c3ccc(CNCCO)cn3)c2C)c1Cl. The topological polar surface area (TPSA) is 136 Å². The van der Waals surface area contributed by atoms with Gasteiger partial charge in [0.05, 0.1) is 23.9 Å². The third-order valence-electron chi connectivity index (χ3n) is 6.57. The molecule has 0 aliphatic heterocycles. The van der Waals surface area contributed by atoms with Crippen LogP contribution in [-0.2, 0) is 11.3 Å². The molecule has 2 aromatic carbocycles. The Bertz CT molecular complexity index is 1490. The molecule has 0 saturated carbocycles. The molecule has 1 heterocycles. The lowest BCUT2D eigenvalue weighted by Gasteiger charge is -2.16. The van der Waals surface area contributed by atoms with Gasteiger partial charge < -0.3 is 31.5 Å². The fourth-order valence-corrected chi connectivity index (χ4v) is 4.39. The van der Waals surface area contributed by atoms with Crippen molar-refractivity contribution < 1.29 is 19.8 Å². The maximum Gasteiger partial charge on any atom is 0.274 e. The van der Waals surface area contributed by atoms with Gasteiger partial charge in [0.1, 0.15) is 5.69 Å². The molecule has 0 fully saturated rings. The average Bonchev–Trinajstić information content (AvgIpc) is 3.01. The van der Waals surface area contributed by atoms with E-state index in [1.165, 1.54) is 0 Å². The zero-order valence-electron chi connectivity index (χ0n) is 24.4. The zero-order valence-corrected chi connectivity index (χ0v) is 25.2. The van der Waals surface area contributed by atoms with Crippen molar-refractivity contribution in [1.82, 2.24) is 15.6 Å². The van der Waals surface area contributed by atoms with Crippen LogP contribution >= 0.6 is 11.6 Å². The van der Waals surface area contributed by atoms with Gasteiger partial charge in [-0.1, -0.05) is 60.7 Å². The van der Waals surface area contributed by atoms with Crippen molar-refractivity contribution >= 4 is 34.8 Å². The third kappa shape index (κ3) is 9.71. The van der Waals surface area contributed by atoms with E-state index in [2.05, 4.69) is 32.8 Å². The number of hydrogen-bond acceptors (Lipinski definition) is 7. The van der Waals surface area contributed by atoms with Gasteiger partial charge in [-0.15, -0.1) is 0 Å². The van der Waals surface area contributed by atoms with Crippen molar-refractivity contribution in [2.24, 2.45) is 0 Å². The third-order valence-corrected chi connectivity index (χ3v) is 6.98. The van der Waals surface area contributed by atoms with E-state index in [-0.39, 0.29) is 30.4 Å². The van der Waals surface area contributed by atoms with Crippen molar-refractivity contribution in [2.75, 3.05) is 43.5 Å². The van der Waals surface area contributed by atoms with Crippen LogP contribution in [0.5, 0.6) is 0 Å². The van der Waals surface area contributed by atoms with Crippen LogP contribution in [0.2, 0.25) is 5.02 Å². The molecule has 0 aliphatic carbocycles. The number of benzene rings is 2. The summed E-state index contributed by atoms with van der Waals surface area (Å²) in [6, 6.07) is 14.4. The first-order valence-corrected chi connectivity index (χ1v) is 14.3. The molecule has 0 bridgehead atoms. The molecule has 3 rings (SSSR count). The van der Waals surface area contributed by atoms with Crippen molar-refractivity contribution in [3.05, 3.63) is 113 Å². The zero-order chi connectivity index (χ0) is 31.2. The number of aliphatic hydroxyl groups is 2. The number of amides is 2. The molecule has 226 valence electrons. The van der Waals surface area contributed by atoms with Gasteiger partial charge in [-0.05, 0) is 60.4 Å². The number of carbonyl (C=O) groups excluding carboxylic acids is 2. The van der Waals surface area contributed by atoms with Gasteiger partial charge in [-0.3, -0.25) is 14.6 Å². The summed E-state index contributed by atoms with van der Waals surface area (Å²) in [5.74, 6) is -0.742. The monoisotopic (exact) mass is 603 g/mol. The average molecular weight is 604 g/mol. The van der Waals surface area contributed by atoms with Crippen molar-refractivity contribution in [2.45, 2.75) is 20.4 Å². The van der Waals surface area contributed by atoms with Gasteiger partial charge in [-0.2, -0.15) is 0 Å². The molecule has 0 atom stereocenters. The van der Waals surface area contributed by atoms with Gasteiger partial charge in [0.25, 0.3) is 11.8 Å². The van der Waals surface area contributed by atoms with Gasteiger partial charge in [0, 0.05) is 49.2 Å². The fourth-order valence-electron chi connectivity index (χ4n) is 4.12. The molecule has 2 amide bonds. The highest BCUT2D eigenvalue weighted by atomic mass is 35.5. The molecule has 43 heavy (non-hydrogen) atoms. The quantitative estimate of drug-likeness (QED) is 0.0847. The van der Waals surface area contributed by atoms with E-state index in [1.54, 1.807) is 42.6 Å². The Morgan fingerprint density at radius 1 is 0.930 bits per heavy atom. The van der Waals surface area contributed by atoms with E-state index >= 15 is 0 Å². The predicted octanol–water partition coefficient (Wildman–Crippen LogP) is 4.62. The second-order valence-corrected chi connectivity index (χ2v) is 10.0. The summed E-state index contributed by atoms with van der Waals surface area (Å²) in [5.41, 5.74) is 5.70. The lowest BCUT2D eigenvalue weighted by molar-refractivity contribution is -0.112. The number of pyridine rings is 1. The minimum Gasteiger partial charge on any atom is -0.395 e. The number of hydrogen-bond donors (Lipinski definition) is 6. The Kier molecular flexibility index (Phi) is 13.3. The summed E-state index contributed by atoms with van der Waals surface area (Å²) in [6.07, 6.45) is 6.98. The minimum absolute atomic E-state index is 0.0476. The van der Waals surface area contributed by atoms with Crippen molar-refractivity contribution in [3.63, 3.8) is 0 Å². The Morgan fingerprint density at radius 2 is 1.63 bits per heavy atom. The van der Waals surface area contributed by atoms with Crippen LogP contribution in [0.25, 0.3) is 11.1 Å². The molecule has 0 aliphatic rings. The smallest absolute Gasteiger partial charge is 0.274 e. The Labute approximate surface area is 257 Å². The first-order valence-electron chi connectivity index (χ1n) is 13.9. The van der Waals surface area contributed by atoms with E-state index in [0.29, 0.717) is 48.1 Å². The van der Waals surface area contributed by atoms with Crippen LogP contribution in [0.15, 0.2) is 90.7 Å². The highest BCUT2D eigenvalue weighted by molar-refractivity contribution is 6.36. The second-order valence-electron chi connectivity index (χ2n) is 9.63. The van der Waals surface area contributed by atoms with Gasteiger partial charge in [0.2, 0.25) is 0 Å². The Morgan fingerprint density at radius 3 is 2.30 bits per heavy atom. The first-order chi connectivity index (χ1) is 20.8. The van der Waals surface area contributed by atoms with Crippen LogP contribution in [0.3, 0.4) is 0 Å². The number of rotatable bonds is 15. The van der Waals surface area contributed by atoms with E-state index in [4.69, 9.17) is 21.8 Å². The molecular formula is C33H38ClN5O4. The lowest BCUT2D eigenvalue weighted by atomic mass is 9.98. The Balaban J connectivity index is 1.72. The number of aliphatic hydroxyl groups excluding tert-OH is 2. The van der Waals surface area contributed by atoms with Gasteiger partial charge >= 0.3 is 0 Å². The molecule has 0 saturated heterocycles. The summed E-state index contributed by atoms with van der Waals surface area (Å²) in [5, 5.41) is 30.1. The summed E-state index contributed by atoms with van der Waals surface area (Å²) < 4.78 is 0. The number of nitrogens with one attached hydrogen (secondary N) is 4. The molecule has 6 N–H and O–H groups in total. The Hall–Kier alpha value is -4.12. The highest BCUT2D eigenvalue weighted by Crippen LogP contribution is 2.37. The molecule has 10 heteroatoms. The fraction of sp³-hybridized carbons (Fsp3) is 0.242. The van der Waals surface area contributed by atoms with Crippen molar-refractivity contribution in [1.29, 1.82) is 0 Å². The highest BCUT2D eigenvalue weighted by Gasteiger charge is 2.16. The summed E-state index contributed by atoms with van der Waals surface area (Å²) >= 11 is 6.78. The second kappa shape index (κ2) is 17.1. The number of halogens is 1. The van der Waals surface area contributed by atoms with Gasteiger partial charge in [0.15, 0.2) is 0 Å². The van der Waals surface area contributed by atoms with E-state index in [9.17, 15) is 9.59 Å². The minimum atomic E-state index is -0.394. The molecule has 0 spiro atoms. The summed E-state index contributed by atoms with van der Waals surface area (Å²) in [4.78, 5) is 30.1. The molecule has 1 aromatic heterocycles. The standard InChI is InChI=1S/C33H38ClN5O4/c1-4-24(19-35-15-17-40)12-11-22(2)32(42)39-29-10-6-8-27(31(29)34)26-7-5-9-28(23(26)3)38-33(43)30-14-13-25(21-37-30)20-36-16-18-41/h4-14,21,35-36,40-41H,2,15-20H2,1,3H3,(H,38,43)(H,39,42)/b12-11-,24-4+. The predicted molar refractivity (Wildman–Crippen MR) is 173 cm³/mol. The van der Waals surface area contributed by atoms with Crippen LogP contribution in [0.4, 0.5) is 11.4 Å². The van der Waals surface area contributed by atoms with Gasteiger partial charge in [-0.25, -0.2) is 0 Å². The first kappa shape index (κ1) is 33.4. The van der Waals surface area contributed by atoms with E-state index < -0.39 is 5.91 Å². The number of carbonyl (C=O) groups is 2. The molecule has 3 aromatic rings. The van der Waals surface area contributed by atoms with Crippen LogP contribution in [-0.4, -0.2) is 59.9 Å². The lowest BCUT2D eigenvalue weighted by Crippen LogP contribution is -2.20. The van der Waals surface area contributed by atoms with E-state index in [1.807, 2.05) is 44.2 Å². The number of nitrogens with zero attached hydrogens (tertiary/aromatic N) is 1. The molecule has 9 nitrogen and oxygen atoms in total. The molecule has 0 radical (unpaired) electrons. The maximum atomic E-state index is 12.9. The van der Waals surface area contributed by atoms with Crippen molar-refractivity contribution in [3.8, 4) is 11.1 Å².